The number of piperidine rings is 1. The number of carbonyl (C=O) groups excluding carboxylic acids is 2. The van der Waals surface area contributed by atoms with Crippen molar-refractivity contribution in [1.29, 1.82) is 0 Å². The standard InChI is InChI=1S/C20H21N7O2.C18H19N7OS.C17H18N6.2C16H16N6O.C16H16N6.CH4/c1-11(28)26-6-4-13(5-7-26)27-20-17(19(21)22-10-23-20)18(25-27)16-9-12-8-14(29)2-3-15(12)24-16;1-10(2)25-16-13(15(19)21-9-22-16)14(24-25)11-4-3-5-12(8-11)17(26)23-18-20-6-7-27-18;1-9(2)23-17-13(16(18)19-8-20-17)15(22-23)12-7-11-6-4-5-10(3)14(11)21-12;1-8(2)22-16-13(15(17)18-7-19-16)14(21-22)12-6-9-5-10(23)3-4-11(9)20-12;1-8(2)22-16-13(15(17)18-7-19-16)14(21-22)12-5-9-3-4-10(23)6-11(9)20-12;1-9(2)22-16-13(15(17)18-8-19-16)14(21-22)12-7-10-5-3-4-6-11(10)20-12;/h2-3,8-10,13,24,29H,4-7H2,1H3,(H2,21,22,23);3-5,8-10H,6-7H2,1-2H3,(H2,19,21,22)(H,20,23,26);4-9,21H,1-3H3,(H2,18,19,20);2*3-8,20,23H,1-2H3,(H2,17,18,19);3-9,20H,1-2H3,(H2,17,18,19);1H4. The maximum Gasteiger partial charge on any atom is 0.257 e. The second-order valence-corrected chi connectivity index (χ2v) is 38.2. The molecule has 0 atom stereocenters. The van der Waals surface area contributed by atoms with Crippen molar-refractivity contribution in [2.75, 3.05) is 59.8 Å². The number of nitrogens with two attached hydrogens (primary N) is 6. The molecule has 23 aromatic rings. The van der Waals surface area contributed by atoms with Crippen molar-refractivity contribution in [3.63, 3.8) is 0 Å². The van der Waals surface area contributed by atoms with Crippen LogP contribution in [0.25, 0.3) is 189 Å². The molecule has 2 aliphatic heterocycles. The first-order valence-electron chi connectivity index (χ1n) is 47.7. The molecule has 1 saturated heterocycles. The summed E-state index contributed by atoms with van der Waals surface area (Å²) in [6.45, 7) is 26.3. The molecule has 21 N–H and O–H groups in total. The number of H-pyrrole nitrogens is 5. The van der Waals surface area contributed by atoms with Crippen molar-refractivity contribution in [2.45, 2.75) is 140 Å². The number of fused-ring (bicyclic) bond motifs is 11. The molecule has 6 aromatic carbocycles. The van der Waals surface area contributed by atoms with Gasteiger partial charge in [0, 0.05) is 128 Å². The number of phenolic OH excluding ortho intramolecular Hbond substituents is 3. The summed E-state index contributed by atoms with van der Waals surface area (Å²) in [7, 11) is 0. The van der Waals surface area contributed by atoms with E-state index in [-0.39, 0.29) is 72.7 Å². The van der Waals surface area contributed by atoms with Crippen LogP contribution >= 0.6 is 11.8 Å². The van der Waals surface area contributed by atoms with E-state index in [1.165, 1.54) is 43.5 Å². The van der Waals surface area contributed by atoms with Crippen LogP contribution in [0.3, 0.4) is 0 Å². The zero-order chi connectivity index (χ0) is 103. The van der Waals surface area contributed by atoms with Gasteiger partial charge in [0.05, 0.1) is 73.4 Å². The topological polar surface area (TPSA) is 619 Å². The molecule has 19 heterocycles. The highest BCUT2D eigenvalue weighted by Gasteiger charge is 2.31. The number of rotatable bonds is 13. The van der Waals surface area contributed by atoms with E-state index in [0.29, 0.717) is 115 Å². The molecule has 2 aliphatic rings. The maximum absolute atomic E-state index is 12.5. The fraction of sp³-hybridized carbons (Fsp3) is 0.240. The molecule has 0 bridgehead atoms. The molecule has 0 radical (unpaired) electrons. The second kappa shape index (κ2) is 40.3. The first kappa shape index (κ1) is 98.3. The number of phenols is 3. The van der Waals surface area contributed by atoms with Crippen molar-refractivity contribution in [2.24, 2.45) is 4.99 Å². The predicted octanol–water partition coefficient (Wildman–Crippen LogP) is 17.8. The fourth-order valence-electron chi connectivity index (χ4n) is 18.4. The number of para-hydroxylation sites is 2. The first-order chi connectivity index (χ1) is 70.8. The van der Waals surface area contributed by atoms with Crippen molar-refractivity contribution in [1.82, 2.24) is 154 Å². The maximum atomic E-state index is 12.5. The van der Waals surface area contributed by atoms with Crippen LogP contribution in [0.5, 0.6) is 17.2 Å². The monoisotopic (exact) mass is 2000 g/mol. The normalized spacial score (nSPS) is 12.8. The Bertz CT molecular complexity index is 8820. The van der Waals surface area contributed by atoms with Gasteiger partial charge in [-0.15, -0.1) is 0 Å². The largest absolute Gasteiger partial charge is 0.508 e. The number of carbonyl (C=O) groups is 2. The van der Waals surface area contributed by atoms with Gasteiger partial charge >= 0.3 is 0 Å². The minimum Gasteiger partial charge on any atom is -0.508 e. The molecule has 0 saturated carbocycles. The van der Waals surface area contributed by atoms with E-state index in [2.05, 4.69) is 176 Å². The van der Waals surface area contributed by atoms with Crippen LogP contribution in [0.2, 0.25) is 0 Å². The van der Waals surface area contributed by atoms with E-state index >= 15 is 0 Å². The summed E-state index contributed by atoms with van der Waals surface area (Å²) in [5, 5.41) is 70.4. The van der Waals surface area contributed by atoms with Crippen molar-refractivity contribution < 1.29 is 24.9 Å². The van der Waals surface area contributed by atoms with E-state index in [1.54, 1.807) is 67.2 Å². The molecule has 1 fully saturated rings. The number of nitrogens with one attached hydrogen (secondary N) is 6. The number of aliphatic imine (C=N–C) groups is 1. The van der Waals surface area contributed by atoms with Gasteiger partial charge in [0.15, 0.2) is 39.1 Å². The zero-order valence-electron chi connectivity index (χ0n) is 82.3. The third kappa shape index (κ3) is 18.9. The SMILES string of the molecule is C.CC(=O)N1CCC(n2nc(-c3cc4cc(O)ccc4[nH]3)c3c(N)ncnc32)CC1.CC(C)n1nc(-c2cc3cc(O)ccc3[nH]2)c2c(N)ncnc21.CC(C)n1nc(-c2cc3ccc(O)cc3[nH]2)c2c(N)ncnc21.CC(C)n1nc(-c2cc3ccccc3[nH]2)c2c(N)ncnc21.CC(C)n1nc(-c2cccc(C(=O)NC3=NCCS3)c2)c2c(N)ncnc21.Cc1cccc2cc(-c3nn(C(C)C)c4ncnc(N)c34)[nH]c12. The number of benzene rings is 6. The molecular formula is C104H110N38O5S. The summed E-state index contributed by atoms with van der Waals surface area (Å²) in [5.41, 5.74) is 56.9. The molecule has 0 aliphatic carbocycles. The van der Waals surface area contributed by atoms with Crippen LogP contribution < -0.4 is 39.7 Å². The van der Waals surface area contributed by atoms with E-state index < -0.39 is 0 Å². The Kier molecular flexibility index (Phi) is 26.8. The second-order valence-electron chi connectivity index (χ2n) is 37.1. The van der Waals surface area contributed by atoms with Gasteiger partial charge < -0.3 is 84.9 Å². The molecule has 25 rings (SSSR count). The summed E-state index contributed by atoms with van der Waals surface area (Å²) in [4.78, 5) is 98.0. The van der Waals surface area contributed by atoms with Gasteiger partial charge in [-0.1, -0.05) is 67.7 Å². The number of amidine groups is 1. The van der Waals surface area contributed by atoms with Gasteiger partial charge in [-0.3, -0.25) is 14.6 Å². The van der Waals surface area contributed by atoms with Crippen molar-refractivity contribution >= 4 is 184 Å². The number of amides is 2. The molecule has 17 aromatic heterocycles. The number of aromatic hydroxyl groups is 3. The number of nitrogen functional groups attached to an aromatic ring is 6. The first-order valence-corrected chi connectivity index (χ1v) is 48.7. The Hall–Kier alpha value is -18.5. The average molecular weight is 2000 g/mol. The van der Waals surface area contributed by atoms with Gasteiger partial charge in [0.25, 0.3) is 5.91 Å². The minimum atomic E-state index is -0.193. The van der Waals surface area contributed by atoms with E-state index in [0.717, 1.165) is 158 Å². The number of anilines is 6. The lowest BCUT2D eigenvalue weighted by Gasteiger charge is -2.31. The highest BCUT2D eigenvalue weighted by Crippen LogP contribution is 2.43. The lowest BCUT2D eigenvalue weighted by atomic mass is 10.1. The summed E-state index contributed by atoms with van der Waals surface area (Å²) in [5.74, 6) is 3.90. The predicted molar refractivity (Wildman–Crippen MR) is 581 cm³/mol. The van der Waals surface area contributed by atoms with E-state index in [9.17, 15) is 24.9 Å². The molecule has 0 unspecified atom stereocenters. The average Bonchev–Trinajstić information content (AvgIpc) is 1.67. The fourth-order valence-corrected chi connectivity index (χ4v) is 19.1. The third-order valence-electron chi connectivity index (χ3n) is 25.5. The van der Waals surface area contributed by atoms with Crippen LogP contribution in [-0.4, -0.2) is 206 Å². The molecule has 752 valence electrons. The Morgan fingerprint density at radius 1 is 0.378 bits per heavy atom. The van der Waals surface area contributed by atoms with Crippen molar-refractivity contribution in [3.8, 4) is 85.4 Å². The van der Waals surface area contributed by atoms with Crippen LogP contribution in [0.15, 0.2) is 195 Å². The lowest BCUT2D eigenvalue weighted by Crippen LogP contribution is -2.37. The minimum absolute atomic E-state index is 0. The Labute approximate surface area is 848 Å². The van der Waals surface area contributed by atoms with Crippen molar-refractivity contribution in [3.05, 3.63) is 201 Å². The highest BCUT2D eigenvalue weighted by molar-refractivity contribution is 8.14. The molecule has 43 nitrogen and oxygen atoms in total. The Morgan fingerprint density at radius 2 is 0.736 bits per heavy atom. The molecule has 148 heavy (non-hydrogen) atoms. The zero-order valence-corrected chi connectivity index (χ0v) is 83.1. The van der Waals surface area contributed by atoms with Crippen LogP contribution in [-0.2, 0) is 4.79 Å². The number of aromatic amines is 5. The molecule has 2 amide bonds. The number of likely N-dealkylation sites (tertiary alicyclic amines) is 1. The number of hydrogen-bond acceptors (Lipinski definition) is 31. The molecule has 0 spiro atoms. The van der Waals surface area contributed by atoms with E-state index in [1.807, 2.05) is 141 Å². The summed E-state index contributed by atoms with van der Waals surface area (Å²) >= 11 is 1.55. The Balaban J connectivity index is 0.000000112. The quantitative estimate of drug-likeness (QED) is 0.0510. The van der Waals surface area contributed by atoms with Gasteiger partial charge in [-0.2, -0.15) is 30.6 Å². The van der Waals surface area contributed by atoms with Gasteiger partial charge in [0.1, 0.15) is 124 Å². The number of hydrogen-bond donors (Lipinski definition) is 15. The number of aryl methyl sites for hydroxylation is 1. The summed E-state index contributed by atoms with van der Waals surface area (Å²) in [6, 6.07) is 48.1. The molecule has 44 heteroatoms. The number of nitrogens with zero attached hydrogens (tertiary/aromatic N) is 26. The highest BCUT2D eigenvalue weighted by atomic mass is 32.2. The number of thioether (sulfide) groups is 1. The number of aromatic nitrogens is 29. The van der Waals surface area contributed by atoms with Crippen LogP contribution in [0, 0.1) is 6.92 Å². The third-order valence-corrected chi connectivity index (χ3v) is 26.4. The summed E-state index contributed by atoms with van der Waals surface area (Å²) < 4.78 is 11.2. The lowest BCUT2D eigenvalue weighted by molar-refractivity contribution is -0.130. The van der Waals surface area contributed by atoms with Gasteiger partial charge in [-0.25, -0.2) is 87.9 Å². The smallest absolute Gasteiger partial charge is 0.257 e. The van der Waals surface area contributed by atoms with Gasteiger partial charge in [-0.05, 0) is 192 Å². The summed E-state index contributed by atoms with van der Waals surface area (Å²) in [6.07, 6.45) is 10.4. The van der Waals surface area contributed by atoms with E-state index in [4.69, 9.17) is 54.8 Å². The van der Waals surface area contributed by atoms with Crippen LogP contribution in [0.4, 0.5) is 34.9 Å². The van der Waals surface area contributed by atoms with Crippen LogP contribution in [0.1, 0.15) is 149 Å². The Morgan fingerprint density at radius 3 is 1.16 bits per heavy atom. The molecular weight excluding hydrogens is 1890 g/mol. The van der Waals surface area contributed by atoms with Gasteiger partial charge in [0.2, 0.25) is 5.91 Å².